The molecule has 0 radical (unpaired) electrons. The maximum atomic E-state index is 12.8. The molecule has 0 atom stereocenters. The molecule has 1 aliphatic heterocycles. The van der Waals surface area contributed by atoms with E-state index in [9.17, 15) is 4.79 Å². The van der Waals surface area contributed by atoms with Crippen LogP contribution in [0.4, 0.5) is 0 Å². The van der Waals surface area contributed by atoms with Crippen LogP contribution < -0.4 is 4.74 Å². The molecule has 0 N–H and O–H groups in total. The van der Waals surface area contributed by atoms with E-state index in [4.69, 9.17) is 4.74 Å². The van der Waals surface area contributed by atoms with Gasteiger partial charge in [0.15, 0.2) is 0 Å². The van der Waals surface area contributed by atoms with Crippen molar-refractivity contribution in [2.45, 2.75) is 26.5 Å². The average Bonchev–Trinajstić information content (AvgIpc) is 3.23. The molecule has 7 nitrogen and oxygen atoms in total. The van der Waals surface area contributed by atoms with Crippen molar-refractivity contribution in [2.75, 3.05) is 26.2 Å². The summed E-state index contributed by atoms with van der Waals surface area (Å²) in [6.45, 7) is 7.82. The van der Waals surface area contributed by atoms with Crippen LogP contribution in [0, 0.1) is 0 Å². The van der Waals surface area contributed by atoms with Gasteiger partial charge in [-0.15, -0.1) is 0 Å². The Morgan fingerprint density at radius 3 is 2.47 bits per heavy atom. The van der Waals surface area contributed by atoms with Gasteiger partial charge in [-0.2, -0.15) is 5.10 Å². The molecule has 0 aliphatic carbocycles. The summed E-state index contributed by atoms with van der Waals surface area (Å²) < 4.78 is 7.44. The normalized spacial score (nSPS) is 14.8. The van der Waals surface area contributed by atoms with Crippen LogP contribution in [0.2, 0.25) is 0 Å². The number of nitrogens with zero attached hydrogens (tertiary/aromatic N) is 5. The van der Waals surface area contributed by atoms with Gasteiger partial charge in [-0.25, -0.2) is 9.67 Å². The highest BCUT2D eigenvalue weighted by Crippen LogP contribution is 2.15. The summed E-state index contributed by atoms with van der Waals surface area (Å²) in [7, 11) is 0. The molecule has 3 aromatic rings. The Hall–Kier alpha value is -3.19. The van der Waals surface area contributed by atoms with Gasteiger partial charge in [0.1, 0.15) is 0 Å². The molecule has 0 saturated carbocycles. The van der Waals surface area contributed by atoms with Gasteiger partial charge in [0.05, 0.1) is 23.6 Å². The van der Waals surface area contributed by atoms with Crippen molar-refractivity contribution >= 4 is 5.91 Å². The van der Waals surface area contributed by atoms with Gasteiger partial charge < -0.3 is 9.64 Å². The lowest BCUT2D eigenvalue weighted by atomic mass is 10.2. The Morgan fingerprint density at radius 2 is 1.80 bits per heavy atom. The molecule has 7 heteroatoms. The molecule has 2 aromatic heterocycles. The number of pyridine rings is 1. The van der Waals surface area contributed by atoms with Gasteiger partial charge >= 0.3 is 0 Å². The molecule has 156 valence electrons. The minimum Gasteiger partial charge on any atom is -0.475 e. The molecular formula is C23H27N5O2. The maximum Gasteiger partial charge on any atom is 0.255 e. The minimum absolute atomic E-state index is 0.0233. The predicted molar refractivity (Wildman–Crippen MR) is 115 cm³/mol. The monoisotopic (exact) mass is 405 g/mol. The van der Waals surface area contributed by atoms with E-state index in [1.807, 2.05) is 60.0 Å². The molecule has 0 bridgehead atoms. The molecule has 1 fully saturated rings. The first kappa shape index (κ1) is 20.1. The molecule has 0 unspecified atom stereocenters. The first-order chi connectivity index (χ1) is 14.6. The maximum absolute atomic E-state index is 12.8. The number of para-hydroxylation sites is 1. The summed E-state index contributed by atoms with van der Waals surface area (Å²) >= 11 is 0. The van der Waals surface area contributed by atoms with Crippen LogP contribution in [0.1, 0.15) is 29.8 Å². The summed E-state index contributed by atoms with van der Waals surface area (Å²) in [5.74, 6) is 0.567. The van der Waals surface area contributed by atoms with Crippen LogP contribution >= 0.6 is 0 Å². The van der Waals surface area contributed by atoms with Gasteiger partial charge in [-0.1, -0.05) is 18.2 Å². The van der Waals surface area contributed by atoms with Crippen LogP contribution in [0.15, 0.2) is 61.1 Å². The fraction of sp³-hybridized carbons (Fsp3) is 0.348. The van der Waals surface area contributed by atoms with Gasteiger partial charge in [-0.05, 0) is 32.0 Å². The standard InChI is InChI=1S/C23H27N5O2/c1-18(2)30-22-9-8-20(15-24-22)23(29)27-12-10-26(11-13-27)16-19-14-25-28(17-19)21-6-4-3-5-7-21/h3-9,14-15,17-18H,10-13,16H2,1-2H3. The molecule has 3 heterocycles. The van der Waals surface area contributed by atoms with E-state index in [-0.39, 0.29) is 12.0 Å². The van der Waals surface area contributed by atoms with E-state index in [0.29, 0.717) is 24.5 Å². The van der Waals surface area contributed by atoms with E-state index in [2.05, 4.69) is 21.2 Å². The van der Waals surface area contributed by atoms with Crippen LogP contribution in [0.5, 0.6) is 5.88 Å². The van der Waals surface area contributed by atoms with Crippen molar-refractivity contribution < 1.29 is 9.53 Å². The van der Waals surface area contributed by atoms with E-state index in [0.717, 1.165) is 25.3 Å². The topological polar surface area (TPSA) is 63.5 Å². The number of aromatic nitrogens is 3. The zero-order chi connectivity index (χ0) is 20.9. The van der Waals surface area contributed by atoms with Crippen LogP contribution in [-0.4, -0.2) is 62.8 Å². The quantitative estimate of drug-likeness (QED) is 0.631. The van der Waals surface area contributed by atoms with Crippen molar-refractivity contribution in [3.8, 4) is 11.6 Å². The van der Waals surface area contributed by atoms with Crippen LogP contribution in [0.3, 0.4) is 0 Å². The van der Waals surface area contributed by atoms with Gasteiger partial charge in [-0.3, -0.25) is 9.69 Å². The number of piperazine rings is 1. The summed E-state index contributed by atoms with van der Waals surface area (Å²) in [5.41, 5.74) is 2.82. The van der Waals surface area contributed by atoms with E-state index in [1.165, 1.54) is 5.56 Å². The lowest BCUT2D eigenvalue weighted by Crippen LogP contribution is -2.48. The lowest BCUT2D eigenvalue weighted by Gasteiger charge is -2.34. The van der Waals surface area contributed by atoms with Crippen molar-refractivity contribution in [1.29, 1.82) is 0 Å². The number of rotatable bonds is 6. The summed E-state index contributed by atoms with van der Waals surface area (Å²) in [6.07, 6.45) is 5.65. The first-order valence-corrected chi connectivity index (χ1v) is 10.3. The van der Waals surface area contributed by atoms with Crippen molar-refractivity contribution in [2.24, 2.45) is 0 Å². The van der Waals surface area contributed by atoms with Gasteiger partial charge in [0.25, 0.3) is 5.91 Å². The molecule has 0 spiro atoms. The van der Waals surface area contributed by atoms with Crippen LogP contribution in [-0.2, 0) is 6.54 Å². The second-order valence-corrected chi connectivity index (χ2v) is 7.75. The summed E-state index contributed by atoms with van der Waals surface area (Å²) in [4.78, 5) is 21.3. The third kappa shape index (κ3) is 4.86. The van der Waals surface area contributed by atoms with E-state index < -0.39 is 0 Å². The van der Waals surface area contributed by atoms with E-state index >= 15 is 0 Å². The number of hydrogen-bond donors (Lipinski definition) is 0. The smallest absolute Gasteiger partial charge is 0.255 e. The number of carbonyl (C=O) groups is 1. The first-order valence-electron chi connectivity index (χ1n) is 10.3. The molecule has 1 aliphatic rings. The number of carbonyl (C=O) groups excluding carboxylic acids is 1. The molecular weight excluding hydrogens is 378 g/mol. The third-order valence-electron chi connectivity index (χ3n) is 5.06. The second-order valence-electron chi connectivity index (χ2n) is 7.75. The Labute approximate surface area is 176 Å². The van der Waals surface area contributed by atoms with Crippen molar-refractivity contribution in [3.05, 3.63) is 72.2 Å². The van der Waals surface area contributed by atoms with Gasteiger partial charge in [0, 0.05) is 56.7 Å². The second kappa shape index (κ2) is 9.09. The summed E-state index contributed by atoms with van der Waals surface area (Å²) in [6, 6.07) is 13.6. The molecule has 1 saturated heterocycles. The fourth-order valence-electron chi connectivity index (χ4n) is 3.53. The highest BCUT2D eigenvalue weighted by atomic mass is 16.5. The van der Waals surface area contributed by atoms with Crippen molar-refractivity contribution in [1.82, 2.24) is 24.6 Å². The Bertz CT molecular complexity index is 961. The minimum atomic E-state index is 0.0233. The Balaban J connectivity index is 1.30. The van der Waals surface area contributed by atoms with Crippen LogP contribution in [0.25, 0.3) is 5.69 Å². The van der Waals surface area contributed by atoms with E-state index in [1.54, 1.807) is 18.3 Å². The fourth-order valence-corrected chi connectivity index (χ4v) is 3.53. The molecule has 1 aromatic carbocycles. The molecule has 30 heavy (non-hydrogen) atoms. The summed E-state index contributed by atoms with van der Waals surface area (Å²) in [5, 5.41) is 4.47. The average molecular weight is 406 g/mol. The molecule has 1 amide bonds. The van der Waals surface area contributed by atoms with Gasteiger partial charge in [0.2, 0.25) is 5.88 Å². The third-order valence-corrected chi connectivity index (χ3v) is 5.06. The largest absolute Gasteiger partial charge is 0.475 e. The Kier molecular flexibility index (Phi) is 6.09. The lowest BCUT2D eigenvalue weighted by molar-refractivity contribution is 0.0628. The Morgan fingerprint density at radius 1 is 1.03 bits per heavy atom. The zero-order valence-electron chi connectivity index (χ0n) is 17.4. The SMILES string of the molecule is CC(C)Oc1ccc(C(=O)N2CCN(Cc3cnn(-c4ccccc4)c3)CC2)cn1. The zero-order valence-corrected chi connectivity index (χ0v) is 17.4. The molecule has 4 rings (SSSR count). The number of amides is 1. The highest BCUT2D eigenvalue weighted by molar-refractivity contribution is 5.94. The van der Waals surface area contributed by atoms with Crippen molar-refractivity contribution in [3.63, 3.8) is 0 Å². The highest BCUT2D eigenvalue weighted by Gasteiger charge is 2.22. The number of benzene rings is 1. The number of hydrogen-bond acceptors (Lipinski definition) is 5. The number of ether oxygens (including phenoxy) is 1. The predicted octanol–water partition coefficient (Wildman–Crippen LogP) is 3.01.